The molecule has 0 aliphatic heterocycles. The molecule has 11 heavy (non-hydrogen) atoms. The van der Waals surface area contributed by atoms with Crippen molar-refractivity contribution in [3.05, 3.63) is 0 Å². The number of alkyl halides is 3. The first-order valence-electron chi connectivity index (χ1n) is 1.97. The van der Waals surface area contributed by atoms with E-state index in [1.54, 1.807) is 6.07 Å². The van der Waals surface area contributed by atoms with Crippen molar-refractivity contribution >= 4 is 24.8 Å². The monoisotopic (exact) mass is 163 g/mol. The number of carbonyl (C=O) groups is 1. The number of hydrogen-bond acceptors (Lipinski definition) is 2. The second kappa shape index (κ2) is 7.45. The first-order chi connectivity index (χ1) is 4.36. The zero-order valence-electron chi connectivity index (χ0n) is 4.94. The first kappa shape index (κ1) is 16.7. The van der Waals surface area contributed by atoms with Crippen LogP contribution < -0.4 is 0 Å². The van der Waals surface area contributed by atoms with Crippen LogP contribution in [0.25, 0.3) is 0 Å². The van der Waals surface area contributed by atoms with Crippen molar-refractivity contribution in [1.82, 2.24) is 0 Å². The summed E-state index contributed by atoms with van der Waals surface area (Å²) in [5.74, 6) is -2.76. The number of nitriles is 1. The van der Waals surface area contributed by atoms with Crippen molar-refractivity contribution < 1.29 is 23.1 Å². The van der Waals surface area contributed by atoms with Gasteiger partial charge in [0.1, 0.15) is 0 Å². The van der Waals surface area contributed by atoms with Crippen LogP contribution in [0.15, 0.2) is 0 Å². The van der Waals surface area contributed by atoms with Gasteiger partial charge >= 0.3 is 31.0 Å². The van der Waals surface area contributed by atoms with Gasteiger partial charge in [-0.25, -0.2) is 4.79 Å². The number of rotatable bonds is 0. The van der Waals surface area contributed by atoms with E-state index in [4.69, 9.17) is 15.2 Å². The van der Waals surface area contributed by atoms with Crippen LogP contribution in [0.1, 0.15) is 6.92 Å². The molecule has 0 radical (unpaired) electrons. The Bertz CT molecular complexity index is 150. The summed E-state index contributed by atoms with van der Waals surface area (Å²) >= 11 is 0. The molecule has 1 N–H and O–H groups in total. The van der Waals surface area contributed by atoms with Gasteiger partial charge in [-0.2, -0.15) is 18.4 Å². The molecule has 0 heterocycles. The van der Waals surface area contributed by atoms with Crippen LogP contribution in [0.2, 0.25) is 0 Å². The molecule has 3 nitrogen and oxygen atoms in total. The third kappa shape index (κ3) is 17.6. The number of hydrogen-bond donors (Lipinski definition) is 1. The first-order valence-corrected chi connectivity index (χ1v) is 1.97. The predicted molar refractivity (Wildman–Crippen MR) is 32.1 cm³/mol. The Labute approximate surface area is 73.0 Å². The fraction of sp³-hybridized carbons (Fsp3) is 0.500. The van der Waals surface area contributed by atoms with Crippen LogP contribution >= 0.6 is 0 Å². The van der Waals surface area contributed by atoms with Crippen LogP contribution in [-0.4, -0.2) is 36.1 Å². The van der Waals surface area contributed by atoms with Crippen LogP contribution in [0.5, 0.6) is 0 Å². The molecule has 0 aliphatic rings. The maximum absolute atomic E-state index is 10.6. The van der Waals surface area contributed by atoms with Gasteiger partial charge < -0.3 is 5.11 Å². The molecule has 0 spiro atoms. The van der Waals surface area contributed by atoms with Crippen molar-refractivity contribution in [2.45, 2.75) is 13.1 Å². The van der Waals surface area contributed by atoms with Gasteiger partial charge in [-0.1, -0.05) is 0 Å². The Morgan fingerprint density at radius 3 is 1.64 bits per heavy atom. The van der Waals surface area contributed by atoms with E-state index in [0.29, 0.717) is 0 Å². The third-order valence-corrected chi connectivity index (χ3v) is 0.243. The average molecular weight is 163 g/mol. The van der Waals surface area contributed by atoms with Gasteiger partial charge in [0.25, 0.3) is 0 Å². The molecule has 0 aromatic rings. The van der Waals surface area contributed by atoms with E-state index in [9.17, 15) is 13.2 Å². The summed E-state index contributed by atoms with van der Waals surface area (Å²) in [7, 11) is 0. The minimum absolute atomic E-state index is 0. The molecule has 0 rings (SSSR count). The summed E-state index contributed by atoms with van der Waals surface area (Å²) in [6.45, 7) is 1.43. The molecule has 0 fully saturated rings. The standard InChI is InChI=1S/C2HF3O2.C2H3N.Li.H/c3-2(4,5)1(6)7;1-2-3;;/h(H,6,7);1H3;;. The summed E-state index contributed by atoms with van der Waals surface area (Å²) in [5.41, 5.74) is 0. The van der Waals surface area contributed by atoms with Crippen LogP contribution in [0.4, 0.5) is 13.2 Å². The van der Waals surface area contributed by atoms with Gasteiger partial charge in [0, 0.05) is 6.92 Å². The predicted octanol–water partition coefficient (Wildman–Crippen LogP) is 0.515. The van der Waals surface area contributed by atoms with Crippen LogP contribution in [-0.2, 0) is 4.79 Å². The number of nitrogens with zero attached hydrogens (tertiary/aromatic N) is 1. The Kier molecular flexibility index (Phi) is 11.3. The van der Waals surface area contributed by atoms with E-state index < -0.39 is 12.1 Å². The summed E-state index contributed by atoms with van der Waals surface area (Å²) in [4.78, 5) is 8.90. The molecule has 7 heteroatoms. The zero-order valence-corrected chi connectivity index (χ0v) is 4.94. The topological polar surface area (TPSA) is 61.1 Å². The maximum atomic E-state index is 10.6. The molecule has 0 amide bonds. The molecule has 0 bridgehead atoms. The van der Waals surface area contributed by atoms with Gasteiger partial charge in [0.2, 0.25) is 0 Å². The molecule has 0 saturated heterocycles. The van der Waals surface area contributed by atoms with Crippen molar-refractivity contribution in [3.8, 4) is 6.07 Å². The second-order valence-electron chi connectivity index (χ2n) is 1.03. The Hall–Kier alpha value is -0.653. The van der Waals surface area contributed by atoms with Gasteiger partial charge in [-0.15, -0.1) is 0 Å². The van der Waals surface area contributed by atoms with E-state index in [0.717, 1.165) is 0 Å². The normalized spacial score (nSPS) is 7.91. The van der Waals surface area contributed by atoms with E-state index in [1.807, 2.05) is 0 Å². The molecule has 0 saturated carbocycles. The van der Waals surface area contributed by atoms with Gasteiger partial charge in [-0.05, 0) is 0 Å². The van der Waals surface area contributed by atoms with Gasteiger partial charge in [0.05, 0.1) is 6.07 Å². The summed E-state index contributed by atoms with van der Waals surface area (Å²) in [5, 5.41) is 14.4. The average Bonchev–Trinajstić information content (AvgIpc) is 1.64. The minimum atomic E-state index is -5.08. The van der Waals surface area contributed by atoms with Crippen molar-refractivity contribution in [1.29, 1.82) is 5.26 Å². The molecular formula is C4H5F3LiNO2. The van der Waals surface area contributed by atoms with Crippen molar-refractivity contribution in [2.75, 3.05) is 0 Å². The Balaban J connectivity index is -0.000000140. The molecule has 0 aromatic carbocycles. The molecule has 60 valence electrons. The number of halogens is 3. The van der Waals surface area contributed by atoms with E-state index in [2.05, 4.69) is 0 Å². The summed E-state index contributed by atoms with van der Waals surface area (Å²) < 4.78 is 31.7. The fourth-order valence-corrected chi connectivity index (χ4v) is 0. The summed E-state index contributed by atoms with van der Waals surface area (Å²) in [6.07, 6.45) is -5.08. The Morgan fingerprint density at radius 1 is 1.55 bits per heavy atom. The number of carboxylic acids is 1. The second-order valence-corrected chi connectivity index (χ2v) is 1.03. The zero-order chi connectivity index (χ0) is 8.78. The van der Waals surface area contributed by atoms with Crippen molar-refractivity contribution in [2.24, 2.45) is 0 Å². The number of carboxylic acid groups (broad SMARTS) is 1. The molecule has 0 atom stereocenters. The van der Waals surface area contributed by atoms with E-state index in [-0.39, 0.29) is 18.9 Å². The molecular weight excluding hydrogens is 158 g/mol. The summed E-state index contributed by atoms with van der Waals surface area (Å²) in [6, 6.07) is 1.75. The molecule has 0 aliphatic carbocycles. The van der Waals surface area contributed by atoms with Crippen LogP contribution in [0.3, 0.4) is 0 Å². The SMILES string of the molecule is CC#N.O=C(O)C(F)(F)F.[LiH]. The van der Waals surface area contributed by atoms with Gasteiger partial charge in [0.15, 0.2) is 0 Å². The van der Waals surface area contributed by atoms with Gasteiger partial charge in [-0.3, -0.25) is 0 Å². The quantitative estimate of drug-likeness (QED) is 0.529. The third-order valence-electron chi connectivity index (χ3n) is 0.243. The van der Waals surface area contributed by atoms with E-state index in [1.165, 1.54) is 6.92 Å². The molecule has 0 unspecified atom stereocenters. The molecule has 0 aromatic heterocycles. The van der Waals surface area contributed by atoms with E-state index >= 15 is 0 Å². The Morgan fingerprint density at radius 2 is 1.64 bits per heavy atom. The number of aliphatic carboxylic acids is 1. The van der Waals surface area contributed by atoms with Crippen LogP contribution in [0, 0.1) is 11.3 Å². The fourth-order valence-electron chi connectivity index (χ4n) is 0. The van der Waals surface area contributed by atoms with Crippen molar-refractivity contribution in [3.63, 3.8) is 0 Å².